The molecule has 0 aromatic carbocycles. The van der Waals surface area contributed by atoms with Gasteiger partial charge in [-0.3, -0.25) is 9.48 Å². The molecule has 3 N–H and O–H groups in total. The minimum absolute atomic E-state index is 0. The monoisotopic (exact) mass is 441 g/mol. The van der Waals surface area contributed by atoms with Crippen LogP contribution in [0.1, 0.15) is 35.3 Å². The van der Waals surface area contributed by atoms with E-state index in [-0.39, 0.29) is 36.8 Å². The third-order valence-corrected chi connectivity index (χ3v) is 6.16. The molecule has 2 atom stereocenters. The topological polar surface area (TPSA) is 85.8 Å². The van der Waals surface area contributed by atoms with E-state index in [0.717, 1.165) is 46.6 Å². The van der Waals surface area contributed by atoms with Gasteiger partial charge >= 0.3 is 0 Å². The minimum atomic E-state index is -0.0587. The zero-order valence-corrected chi connectivity index (χ0v) is 18.3. The number of hydrogen-bond donors (Lipinski definition) is 2. The summed E-state index contributed by atoms with van der Waals surface area (Å²) in [6.45, 7) is 2.53. The van der Waals surface area contributed by atoms with E-state index in [2.05, 4.69) is 10.4 Å². The van der Waals surface area contributed by atoms with E-state index < -0.39 is 0 Å². The van der Waals surface area contributed by atoms with E-state index in [4.69, 9.17) is 10.7 Å². The number of rotatable bonds is 4. The van der Waals surface area contributed by atoms with Gasteiger partial charge in [-0.2, -0.15) is 5.10 Å². The Morgan fingerprint density at radius 1 is 1.39 bits per heavy atom. The van der Waals surface area contributed by atoms with Crippen molar-refractivity contribution in [3.05, 3.63) is 34.8 Å². The number of nitrogens with two attached hydrogens (primary N) is 1. The smallest absolute Gasteiger partial charge is 0.252 e. The lowest BCUT2D eigenvalue weighted by Crippen LogP contribution is -2.40. The zero-order valence-electron chi connectivity index (χ0n) is 15.8. The van der Waals surface area contributed by atoms with Gasteiger partial charge in [0.05, 0.1) is 27.2 Å². The first-order valence-electron chi connectivity index (χ1n) is 8.97. The van der Waals surface area contributed by atoms with E-state index in [1.54, 1.807) is 16.0 Å². The third kappa shape index (κ3) is 4.03. The number of hydrogen-bond acceptors (Lipinski definition) is 5. The second-order valence-corrected chi connectivity index (χ2v) is 7.89. The highest BCUT2D eigenvalue weighted by Gasteiger charge is 2.29. The summed E-state index contributed by atoms with van der Waals surface area (Å²) in [7, 11) is 1.86. The van der Waals surface area contributed by atoms with Gasteiger partial charge < -0.3 is 11.1 Å². The molecule has 3 aromatic heterocycles. The maximum Gasteiger partial charge on any atom is 0.252 e. The predicted octanol–water partition coefficient (Wildman–Crippen LogP) is 3.71. The van der Waals surface area contributed by atoms with Gasteiger partial charge in [-0.1, -0.05) is 12.5 Å². The van der Waals surface area contributed by atoms with Crippen molar-refractivity contribution in [2.45, 2.75) is 32.2 Å². The number of amides is 1. The average Bonchev–Trinajstić information content (AvgIpc) is 3.36. The molecule has 1 aliphatic rings. The highest BCUT2D eigenvalue weighted by atomic mass is 35.5. The standard InChI is InChI=1S/C19H23N5OS.2ClH/c1-11-17-13(19(25)22-14-6-3-5-12(14)10-20)9-15(16-7-4-8-26-16)21-18(17)24(2)23-11;;/h4,7-9,12,14H,3,5-6,10,20H2,1-2H3,(H,22,25);2*1H. The molecule has 0 bridgehead atoms. The molecule has 6 nitrogen and oxygen atoms in total. The molecule has 0 spiro atoms. The zero-order chi connectivity index (χ0) is 18.3. The number of fused-ring (bicyclic) bond motifs is 1. The van der Waals surface area contributed by atoms with Crippen LogP contribution in [-0.2, 0) is 7.05 Å². The number of aromatic nitrogens is 3. The molecule has 1 aliphatic carbocycles. The Kier molecular flexibility index (Phi) is 7.45. The summed E-state index contributed by atoms with van der Waals surface area (Å²) in [4.78, 5) is 18.9. The van der Waals surface area contributed by atoms with Crippen LogP contribution >= 0.6 is 36.2 Å². The molecule has 3 aromatic rings. The van der Waals surface area contributed by atoms with Crippen LogP contribution in [0.5, 0.6) is 0 Å². The molecular weight excluding hydrogens is 417 g/mol. The molecule has 2 unspecified atom stereocenters. The van der Waals surface area contributed by atoms with Gasteiger partial charge in [-0.05, 0) is 49.7 Å². The molecule has 4 rings (SSSR count). The van der Waals surface area contributed by atoms with Gasteiger partial charge in [-0.25, -0.2) is 4.98 Å². The molecule has 0 radical (unpaired) electrons. The molecule has 3 heterocycles. The van der Waals surface area contributed by atoms with Gasteiger partial charge in [0.1, 0.15) is 0 Å². The maximum atomic E-state index is 13.1. The molecule has 1 saturated carbocycles. The summed E-state index contributed by atoms with van der Waals surface area (Å²) in [5, 5.41) is 10.5. The SMILES string of the molecule is Cc1nn(C)c2nc(-c3cccs3)cc(C(=O)NC3CCCC3CN)c12.Cl.Cl. The number of nitrogens with zero attached hydrogens (tertiary/aromatic N) is 3. The summed E-state index contributed by atoms with van der Waals surface area (Å²) >= 11 is 1.61. The highest BCUT2D eigenvalue weighted by Crippen LogP contribution is 2.30. The molecule has 0 aliphatic heterocycles. The van der Waals surface area contributed by atoms with Crippen LogP contribution in [0.4, 0.5) is 0 Å². The predicted molar refractivity (Wildman–Crippen MR) is 119 cm³/mol. The molecule has 9 heteroatoms. The van der Waals surface area contributed by atoms with Crippen molar-refractivity contribution in [2.24, 2.45) is 18.7 Å². The van der Waals surface area contributed by atoms with Gasteiger partial charge in [0.25, 0.3) is 5.91 Å². The first kappa shape index (κ1) is 22.6. The lowest BCUT2D eigenvalue weighted by molar-refractivity contribution is 0.0930. The van der Waals surface area contributed by atoms with Gasteiger partial charge in [-0.15, -0.1) is 36.2 Å². The summed E-state index contributed by atoms with van der Waals surface area (Å²) in [5.41, 5.74) is 8.88. The van der Waals surface area contributed by atoms with Crippen molar-refractivity contribution < 1.29 is 4.79 Å². The van der Waals surface area contributed by atoms with Crippen LogP contribution in [0.25, 0.3) is 21.6 Å². The van der Waals surface area contributed by atoms with Gasteiger partial charge in [0.15, 0.2) is 5.65 Å². The van der Waals surface area contributed by atoms with E-state index >= 15 is 0 Å². The summed E-state index contributed by atoms with van der Waals surface area (Å²) in [6.07, 6.45) is 3.19. The second kappa shape index (κ2) is 9.22. The molecule has 0 saturated heterocycles. The average molecular weight is 442 g/mol. The van der Waals surface area contributed by atoms with Crippen molar-refractivity contribution in [3.8, 4) is 10.6 Å². The van der Waals surface area contributed by atoms with E-state index in [1.165, 1.54) is 0 Å². The normalized spacial score (nSPS) is 18.5. The number of thiophene rings is 1. The lowest BCUT2D eigenvalue weighted by atomic mass is 10.0. The summed E-state index contributed by atoms with van der Waals surface area (Å²) in [5.74, 6) is 0.305. The third-order valence-electron chi connectivity index (χ3n) is 5.27. The fourth-order valence-electron chi connectivity index (χ4n) is 3.93. The largest absolute Gasteiger partial charge is 0.349 e. The second-order valence-electron chi connectivity index (χ2n) is 6.95. The van der Waals surface area contributed by atoms with E-state index in [0.29, 0.717) is 18.0 Å². The Morgan fingerprint density at radius 2 is 2.18 bits per heavy atom. The van der Waals surface area contributed by atoms with Crippen LogP contribution < -0.4 is 11.1 Å². The fraction of sp³-hybridized carbons (Fsp3) is 0.421. The van der Waals surface area contributed by atoms with Gasteiger partial charge in [0.2, 0.25) is 0 Å². The fourth-order valence-corrected chi connectivity index (χ4v) is 4.62. The van der Waals surface area contributed by atoms with Crippen molar-refractivity contribution in [1.29, 1.82) is 0 Å². The molecule has 28 heavy (non-hydrogen) atoms. The number of halogens is 2. The Morgan fingerprint density at radius 3 is 2.86 bits per heavy atom. The minimum Gasteiger partial charge on any atom is -0.349 e. The van der Waals surface area contributed by atoms with Gasteiger partial charge in [0, 0.05) is 13.1 Å². The van der Waals surface area contributed by atoms with E-state index in [9.17, 15) is 4.79 Å². The maximum absolute atomic E-state index is 13.1. The Balaban J connectivity index is 0.00000140. The summed E-state index contributed by atoms with van der Waals surface area (Å²) < 4.78 is 1.75. The van der Waals surface area contributed by atoms with Crippen LogP contribution in [0.3, 0.4) is 0 Å². The Bertz CT molecular complexity index is 957. The van der Waals surface area contributed by atoms with Crippen LogP contribution in [0.2, 0.25) is 0 Å². The number of carbonyl (C=O) groups excluding carboxylic acids is 1. The van der Waals surface area contributed by atoms with Crippen molar-refractivity contribution in [1.82, 2.24) is 20.1 Å². The molecule has 1 fully saturated rings. The van der Waals surface area contributed by atoms with Crippen molar-refractivity contribution >= 4 is 53.1 Å². The summed E-state index contributed by atoms with van der Waals surface area (Å²) in [6, 6.07) is 6.05. The quantitative estimate of drug-likeness (QED) is 0.645. The highest BCUT2D eigenvalue weighted by molar-refractivity contribution is 7.13. The molecule has 1 amide bonds. The molecule has 152 valence electrons. The Labute approximate surface area is 180 Å². The number of aryl methyl sites for hydroxylation is 2. The first-order chi connectivity index (χ1) is 12.6. The van der Waals surface area contributed by atoms with Crippen molar-refractivity contribution in [3.63, 3.8) is 0 Å². The van der Waals surface area contributed by atoms with Crippen LogP contribution in [0, 0.1) is 12.8 Å². The van der Waals surface area contributed by atoms with Crippen molar-refractivity contribution in [2.75, 3.05) is 6.54 Å². The molecular formula is C19H25Cl2N5OS. The number of carbonyl (C=O) groups is 1. The Hall–Kier alpha value is -1.67. The lowest BCUT2D eigenvalue weighted by Gasteiger charge is -2.20. The van der Waals surface area contributed by atoms with Crippen LogP contribution in [0.15, 0.2) is 23.6 Å². The first-order valence-corrected chi connectivity index (χ1v) is 9.85. The van der Waals surface area contributed by atoms with Crippen LogP contribution in [-0.4, -0.2) is 33.3 Å². The number of nitrogens with one attached hydrogen (secondary N) is 1. The number of pyridine rings is 1. The van der Waals surface area contributed by atoms with E-state index in [1.807, 2.05) is 37.6 Å².